The Bertz CT molecular complexity index is 569. The monoisotopic (exact) mass is 234 g/mol. The molecule has 88 valence electrons. The van der Waals surface area contributed by atoms with E-state index >= 15 is 0 Å². The van der Waals surface area contributed by atoms with Crippen molar-refractivity contribution in [1.82, 2.24) is 0 Å². The zero-order valence-electron chi connectivity index (χ0n) is 8.79. The Kier molecular flexibility index (Phi) is 2.82. The van der Waals surface area contributed by atoms with Gasteiger partial charge >= 0.3 is 11.9 Å². The molecule has 1 aromatic heterocycles. The van der Waals surface area contributed by atoms with Crippen molar-refractivity contribution in [2.45, 2.75) is 12.3 Å². The molecule has 2 rings (SSSR count). The van der Waals surface area contributed by atoms with Gasteiger partial charge in [-0.15, -0.1) is 0 Å². The van der Waals surface area contributed by atoms with Crippen molar-refractivity contribution in [2.75, 3.05) is 0 Å². The average Bonchev–Trinajstić information content (AvgIpc) is 2.69. The van der Waals surface area contributed by atoms with Crippen molar-refractivity contribution in [2.24, 2.45) is 0 Å². The first-order chi connectivity index (χ1) is 8.09. The number of carbonyl (C=O) groups is 2. The minimum Gasteiger partial charge on any atom is -0.481 e. The normalized spacial score (nSPS) is 12.5. The highest BCUT2D eigenvalue weighted by molar-refractivity contribution is 5.90. The van der Waals surface area contributed by atoms with Crippen LogP contribution in [0, 0.1) is 0 Å². The second kappa shape index (κ2) is 4.29. The number of furan rings is 1. The molecule has 1 atom stereocenters. The van der Waals surface area contributed by atoms with Crippen LogP contribution in [0.1, 0.15) is 17.9 Å². The van der Waals surface area contributed by atoms with E-state index in [1.807, 2.05) is 0 Å². The molecular weight excluding hydrogens is 224 g/mol. The van der Waals surface area contributed by atoms with Gasteiger partial charge < -0.3 is 14.6 Å². The molecule has 0 radical (unpaired) electrons. The van der Waals surface area contributed by atoms with Crippen LogP contribution in [0.5, 0.6) is 0 Å². The minimum atomic E-state index is -1.17. The molecule has 0 spiro atoms. The van der Waals surface area contributed by atoms with Crippen molar-refractivity contribution in [3.05, 3.63) is 36.1 Å². The summed E-state index contributed by atoms with van der Waals surface area (Å²) in [7, 11) is 0. The first-order valence-electron chi connectivity index (χ1n) is 5.00. The van der Waals surface area contributed by atoms with Gasteiger partial charge in [0.05, 0.1) is 18.6 Å². The van der Waals surface area contributed by atoms with Gasteiger partial charge in [0.25, 0.3) is 0 Å². The molecule has 2 aromatic rings. The van der Waals surface area contributed by atoms with Crippen LogP contribution in [0.15, 0.2) is 34.9 Å². The molecule has 1 heterocycles. The van der Waals surface area contributed by atoms with Crippen LogP contribution in [-0.4, -0.2) is 22.2 Å². The molecule has 0 aliphatic rings. The summed E-state index contributed by atoms with van der Waals surface area (Å²) in [6.45, 7) is 0. The lowest BCUT2D eigenvalue weighted by Crippen LogP contribution is -2.15. The maximum absolute atomic E-state index is 11.1. The summed E-state index contributed by atoms with van der Waals surface area (Å²) < 4.78 is 5.21. The Morgan fingerprint density at radius 1 is 1.24 bits per heavy atom. The smallest absolute Gasteiger partial charge is 0.311 e. The van der Waals surface area contributed by atoms with E-state index in [9.17, 15) is 9.59 Å². The number of carboxylic acid groups (broad SMARTS) is 2. The zero-order valence-corrected chi connectivity index (χ0v) is 8.79. The molecule has 0 saturated carbocycles. The van der Waals surface area contributed by atoms with Crippen molar-refractivity contribution in [1.29, 1.82) is 0 Å². The molecule has 0 bridgehead atoms. The number of fused-ring (bicyclic) bond motifs is 1. The summed E-state index contributed by atoms with van der Waals surface area (Å²) in [5.41, 5.74) is 0.953. The van der Waals surface area contributed by atoms with Crippen LogP contribution >= 0.6 is 0 Å². The minimum absolute atomic E-state index is 0.399. The molecule has 0 fully saturated rings. The second-order valence-corrected chi connectivity index (χ2v) is 3.68. The fourth-order valence-corrected chi connectivity index (χ4v) is 1.77. The topological polar surface area (TPSA) is 87.7 Å². The molecule has 17 heavy (non-hydrogen) atoms. The zero-order chi connectivity index (χ0) is 12.4. The van der Waals surface area contributed by atoms with E-state index in [1.165, 1.54) is 6.26 Å². The summed E-state index contributed by atoms with van der Waals surface area (Å²) in [5.74, 6) is -3.40. The lowest BCUT2D eigenvalue weighted by molar-refractivity contribution is -0.145. The lowest BCUT2D eigenvalue weighted by Gasteiger charge is -2.07. The summed E-state index contributed by atoms with van der Waals surface area (Å²) >= 11 is 0. The molecule has 0 amide bonds. The highest BCUT2D eigenvalue weighted by Gasteiger charge is 2.26. The summed E-state index contributed by atoms with van der Waals surface area (Å²) in [6, 6.07) is 6.94. The molecule has 0 aliphatic carbocycles. The highest BCUT2D eigenvalue weighted by Crippen LogP contribution is 2.29. The summed E-state index contributed by atoms with van der Waals surface area (Å²) in [6.07, 6.45) is 0.852. The van der Waals surface area contributed by atoms with Gasteiger partial charge in [-0.05, 0) is 6.07 Å². The summed E-state index contributed by atoms with van der Waals surface area (Å²) in [4.78, 5) is 21.7. The van der Waals surface area contributed by atoms with E-state index in [2.05, 4.69) is 0 Å². The van der Waals surface area contributed by atoms with Crippen LogP contribution in [-0.2, 0) is 9.59 Å². The van der Waals surface area contributed by atoms with Crippen molar-refractivity contribution in [3.8, 4) is 0 Å². The van der Waals surface area contributed by atoms with Gasteiger partial charge in [-0.1, -0.05) is 18.2 Å². The molecule has 0 aliphatic heterocycles. The van der Waals surface area contributed by atoms with E-state index < -0.39 is 24.3 Å². The van der Waals surface area contributed by atoms with E-state index in [-0.39, 0.29) is 0 Å². The Morgan fingerprint density at radius 3 is 2.59 bits per heavy atom. The van der Waals surface area contributed by atoms with Gasteiger partial charge in [-0.2, -0.15) is 0 Å². The quantitative estimate of drug-likeness (QED) is 0.845. The number of hydrogen-bond donors (Lipinski definition) is 2. The maximum Gasteiger partial charge on any atom is 0.311 e. The Morgan fingerprint density at radius 2 is 1.94 bits per heavy atom. The lowest BCUT2D eigenvalue weighted by atomic mass is 9.95. The van der Waals surface area contributed by atoms with Crippen LogP contribution in [0.25, 0.3) is 11.0 Å². The maximum atomic E-state index is 11.1. The van der Waals surface area contributed by atoms with Gasteiger partial charge in [0, 0.05) is 10.9 Å². The second-order valence-electron chi connectivity index (χ2n) is 3.68. The van der Waals surface area contributed by atoms with Gasteiger partial charge in [0.2, 0.25) is 0 Å². The number of para-hydroxylation sites is 1. The van der Waals surface area contributed by atoms with Gasteiger partial charge in [0.15, 0.2) is 0 Å². The van der Waals surface area contributed by atoms with Crippen molar-refractivity contribution < 1.29 is 24.2 Å². The van der Waals surface area contributed by atoms with E-state index in [1.54, 1.807) is 24.3 Å². The molecule has 0 saturated heterocycles. The first-order valence-corrected chi connectivity index (χ1v) is 5.00. The van der Waals surface area contributed by atoms with E-state index in [4.69, 9.17) is 14.6 Å². The fraction of sp³-hybridized carbons (Fsp3) is 0.167. The number of carboxylic acids is 2. The first kappa shape index (κ1) is 11.2. The molecule has 5 nitrogen and oxygen atoms in total. The Labute approximate surface area is 96.3 Å². The summed E-state index contributed by atoms with van der Waals surface area (Å²) in [5, 5.41) is 18.4. The van der Waals surface area contributed by atoms with Gasteiger partial charge in [-0.3, -0.25) is 9.59 Å². The molecule has 2 N–H and O–H groups in total. The molecule has 5 heteroatoms. The van der Waals surface area contributed by atoms with Gasteiger partial charge in [0.1, 0.15) is 5.58 Å². The van der Waals surface area contributed by atoms with Crippen LogP contribution in [0.2, 0.25) is 0 Å². The third-order valence-corrected chi connectivity index (χ3v) is 2.56. The van der Waals surface area contributed by atoms with Crippen LogP contribution < -0.4 is 0 Å². The van der Waals surface area contributed by atoms with E-state index in [0.29, 0.717) is 16.5 Å². The average molecular weight is 234 g/mol. The van der Waals surface area contributed by atoms with Crippen molar-refractivity contribution >= 4 is 22.9 Å². The third kappa shape index (κ3) is 2.13. The predicted molar refractivity (Wildman–Crippen MR) is 58.8 cm³/mol. The van der Waals surface area contributed by atoms with Crippen LogP contribution in [0.4, 0.5) is 0 Å². The highest BCUT2D eigenvalue weighted by atomic mass is 16.4. The fourth-order valence-electron chi connectivity index (χ4n) is 1.77. The number of aliphatic carboxylic acids is 2. The SMILES string of the molecule is O=C(O)C[C@H](C(=O)O)c1coc2ccccc12. The molecule has 0 unspecified atom stereocenters. The van der Waals surface area contributed by atoms with Crippen LogP contribution in [0.3, 0.4) is 0 Å². The molecular formula is C12H10O5. The largest absolute Gasteiger partial charge is 0.481 e. The third-order valence-electron chi connectivity index (χ3n) is 2.56. The number of rotatable bonds is 4. The van der Waals surface area contributed by atoms with Crippen molar-refractivity contribution in [3.63, 3.8) is 0 Å². The standard InChI is InChI=1S/C12H10O5/c13-11(14)5-8(12(15)16)9-6-17-10-4-2-1-3-7(9)10/h1-4,6,8H,5H2,(H,13,14)(H,15,16)/t8-/m0/s1. The Hall–Kier alpha value is -2.30. The molecule has 1 aromatic carbocycles. The Balaban J connectivity index is 2.48. The predicted octanol–water partition coefficient (Wildman–Crippen LogP) is 2.08. The van der Waals surface area contributed by atoms with Gasteiger partial charge in [-0.25, -0.2) is 0 Å². The van der Waals surface area contributed by atoms with E-state index in [0.717, 1.165) is 0 Å². The number of benzene rings is 1. The number of hydrogen-bond acceptors (Lipinski definition) is 3.